The van der Waals surface area contributed by atoms with E-state index in [0.29, 0.717) is 15.8 Å². The number of rotatable bonds is 1. The maximum atomic E-state index is 11.0. The number of hydrogen-bond donors (Lipinski definition) is 1. The molecule has 1 aromatic carbocycles. The maximum absolute atomic E-state index is 11.0. The fourth-order valence-corrected chi connectivity index (χ4v) is 1.12. The van der Waals surface area contributed by atoms with Gasteiger partial charge < -0.3 is 15.0 Å². The molecule has 1 N–H and O–H groups in total. The summed E-state index contributed by atoms with van der Waals surface area (Å²) in [6, 6.07) is 4.19. The van der Waals surface area contributed by atoms with Gasteiger partial charge in [-0.05, 0) is 18.2 Å². The molecule has 1 aromatic heterocycles. The molecule has 5 nitrogen and oxygen atoms in total. The van der Waals surface area contributed by atoms with Crippen molar-refractivity contribution in [2.75, 3.05) is 0 Å². The second kappa shape index (κ2) is 2.48. The molecule has 0 saturated heterocycles. The Morgan fingerprint density at radius 1 is 1.54 bits per heavy atom. The number of aromatic nitrogens is 2. The molecule has 0 unspecified atom stereocenters. The molecule has 2 rings (SSSR count). The molecule has 0 aliphatic heterocycles. The topological polar surface area (TPSA) is 78.2 Å². The first-order chi connectivity index (χ1) is 6.18. The zero-order valence-electron chi connectivity index (χ0n) is 6.47. The number of imidazole rings is 1. The molecule has 0 atom stereocenters. The number of fused-ring (bicyclic) bond motifs is 1. The Kier molecular flexibility index (Phi) is 1.45. The number of hydrogen-bond acceptors (Lipinski definition) is 3. The molecular formula is C8H5N2O3-. The molecule has 0 bridgehead atoms. The van der Waals surface area contributed by atoms with Gasteiger partial charge >= 0.3 is 5.97 Å². The van der Waals surface area contributed by atoms with Gasteiger partial charge in [-0.15, -0.1) is 0 Å². The minimum absolute atomic E-state index is 0.131. The van der Waals surface area contributed by atoms with Crippen LogP contribution in [0.5, 0.6) is 0 Å². The Hall–Kier alpha value is -2.04. The van der Waals surface area contributed by atoms with E-state index in [1.807, 2.05) is 0 Å². The van der Waals surface area contributed by atoms with E-state index in [-0.39, 0.29) is 5.56 Å². The lowest BCUT2D eigenvalue weighted by molar-refractivity contribution is 0.0697. The van der Waals surface area contributed by atoms with Gasteiger partial charge in [0.2, 0.25) is 0 Å². The van der Waals surface area contributed by atoms with E-state index in [2.05, 4.69) is 4.98 Å². The summed E-state index contributed by atoms with van der Waals surface area (Å²) in [5, 5.41) is 19.6. The van der Waals surface area contributed by atoms with Gasteiger partial charge in [-0.3, -0.25) is 0 Å². The van der Waals surface area contributed by atoms with E-state index in [0.717, 1.165) is 6.33 Å². The zero-order chi connectivity index (χ0) is 9.42. The molecule has 0 saturated carbocycles. The Morgan fingerprint density at radius 2 is 2.31 bits per heavy atom. The lowest BCUT2D eigenvalue weighted by Crippen LogP contribution is -1.95. The summed E-state index contributed by atoms with van der Waals surface area (Å²) in [5.41, 5.74) is 0.908. The Bertz CT molecular complexity index is 475. The van der Waals surface area contributed by atoms with E-state index < -0.39 is 5.97 Å². The van der Waals surface area contributed by atoms with Crippen molar-refractivity contribution in [3.63, 3.8) is 0 Å². The van der Waals surface area contributed by atoms with Crippen LogP contribution in [-0.4, -0.2) is 20.8 Å². The average molecular weight is 177 g/mol. The third-order valence-corrected chi connectivity index (χ3v) is 1.76. The predicted octanol–water partition coefficient (Wildman–Crippen LogP) is 1.08. The Balaban J connectivity index is 2.70. The van der Waals surface area contributed by atoms with Crippen LogP contribution in [0.1, 0.15) is 10.4 Å². The number of aromatic carboxylic acids is 1. The van der Waals surface area contributed by atoms with Crippen LogP contribution in [0.25, 0.3) is 11.0 Å². The smallest absolute Gasteiger partial charge is 0.335 e. The average Bonchev–Trinajstić information content (AvgIpc) is 2.47. The van der Waals surface area contributed by atoms with Crippen molar-refractivity contribution in [1.82, 2.24) is 9.71 Å². The minimum atomic E-state index is -1.03. The molecule has 0 fully saturated rings. The molecule has 2 aromatic rings. The van der Waals surface area contributed by atoms with Gasteiger partial charge in [0.05, 0.1) is 22.9 Å². The zero-order valence-corrected chi connectivity index (χ0v) is 6.47. The van der Waals surface area contributed by atoms with Crippen LogP contribution in [0.4, 0.5) is 0 Å². The highest BCUT2D eigenvalue weighted by atomic mass is 16.5. The molecular weight excluding hydrogens is 172 g/mol. The number of carbonyl (C=O) groups is 1. The van der Waals surface area contributed by atoms with Gasteiger partial charge in [0.25, 0.3) is 0 Å². The normalized spacial score (nSPS) is 10.5. The number of nitrogens with zero attached hydrogens (tertiary/aromatic N) is 2. The van der Waals surface area contributed by atoms with Crippen molar-refractivity contribution in [3.8, 4) is 0 Å². The summed E-state index contributed by atoms with van der Waals surface area (Å²) in [6.07, 6.45) is 1.11. The van der Waals surface area contributed by atoms with E-state index in [1.54, 1.807) is 0 Å². The molecule has 5 heteroatoms. The first-order valence-electron chi connectivity index (χ1n) is 3.56. The minimum Gasteiger partial charge on any atom is -0.805 e. The maximum Gasteiger partial charge on any atom is 0.335 e. The van der Waals surface area contributed by atoms with Crippen LogP contribution in [0.3, 0.4) is 0 Å². The summed E-state index contributed by atoms with van der Waals surface area (Å²) < 4.78 is 0.598. The van der Waals surface area contributed by atoms with Gasteiger partial charge in [0, 0.05) is 0 Å². The van der Waals surface area contributed by atoms with Crippen molar-refractivity contribution >= 4 is 17.0 Å². The van der Waals surface area contributed by atoms with Crippen LogP contribution < -0.4 is 0 Å². The highest BCUT2D eigenvalue weighted by Crippen LogP contribution is 2.13. The molecule has 0 amide bonds. The summed E-state index contributed by atoms with van der Waals surface area (Å²) in [7, 11) is 0. The van der Waals surface area contributed by atoms with Crippen molar-refractivity contribution in [2.45, 2.75) is 0 Å². The van der Waals surface area contributed by atoms with Crippen molar-refractivity contribution < 1.29 is 9.90 Å². The van der Waals surface area contributed by atoms with E-state index >= 15 is 0 Å². The molecule has 1 heterocycles. The van der Waals surface area contributed by atoms with Crippen molar-refractivity contribution in [1.29, 1.82) is 0 Å². The summed E-state index contributed by atoms with van der Waals surface area (Å²) in [5.74, 6) is -1.03. The predicted molar refractivity (Wildman–Crippen MR) is 45.5 cm³/mol. The summed E-state index contributed by atoms with van der Waals surface area (Å²) >= 11 is 0. The molecule has 13 heavy (non-hydrogen) atoms. The van der Waals surface area contributed by atoms with Crippen LogP contribution in [0.2, 0.25) is 0 Å². The van der Waals surface area contributed by atoms with Gasteiger partial charge in [0.15, 0.2) is 0 Å². The van der Waals surface area contributed by atoms with Crippen LogP contribution in [-0.2, 0) is 0 Å². The molecule has 0 aliphatic rings. The summed E-state index contributed by atoms with van der Waals surface area (Å²) in [6.45, 7) is 0. The van der Waals surface area contributed by atoms with E-state index in [4.69, 9.17) is 5.11 Å². The van der Waals surface area contributed by atoms with E-state index in [1.165, 1.54) is 18.2 Å². The summed E-state index contributed by atoms with van der Waals surface area (Å²) in [4.78, 5) is 14.3. The lowest BCUT2D eigenvalue weighted by atomic mass is 10.2. The number of benzene rings is 1. The van der Waals surface area contributed by atoms with Gasteiger partial charge in [0.1, 0.15) is 0 Å². The first-order valence-corrected chi connectivity index (χ1v) is 3.56. The third kappa shape index (κ3) is 1.10. The monoisotopic (exact) mass is 177 g/mol. The Labute approximate surface area is 72.8 Å². The van der Waals surface area contributed by atoms with Crippen LogP contribution in [0, 0.1) is 5.21 Å². The van der Waals surface area contributed by atoms with Gasteiger partial charge in [-0.2, -0.15) is 0 Å². The number of carboxylic acid groups (broad SMARTS) is 1. The second-order valence-electron chi connectivity index (χ2n) is 2.58. The van der Waals surface area contributed by atoms with Gasteiger partial charge in [-0.1, -0.05) is 0 Å². The van der Waals surface area contributed by atoms with E-state index in [9.17, 15) is 10.0 Å². The molecule has 0 aliphatic carbocycles. The standard InChI is InChI=1S/C8H5N2O3/c11-8(12)5-1-2-7-6(3-5)9-4-10(7)13/h1-4H,(H,11,12)/q-1. The fourth-order valence-electron chi connectivity index (χ4n) is 1.12. The third-order valence-electron chi connectivity index (χ3n) is 1.76. The fraction of sp³-hybridized carbons (Fsp3) is 0. The second-order valence-corrected chi connectivity index (χ2v) is 2.58. The Morgan fingerprint density at radius 3 is 3.00 bits per heavy atom. The molecule has 66 valence electrons. The quantitative estimate of drug-likeness (QED) is 0.706. The SMILES string of the molecule is O=C(O)c1ccc2c(c1)ncn2[O-]. The highest BCUT2D eigenvalue weighted by Gasteiger charge is 2.04. The van der Waals surface area contributed by atoms with Gasteiger partial charge in [-0.25, -0.2) is 9.78 Å². The number of carboxylic acids is 1. The molecule has 0 radical (unpaired) electrons. The largest absolute Gasteiger partial charge is 0.805 e. The van der Waals surface area contributed by atoms with Crippen LogP contribution >= 0.6 is 0 Å². The lowest BCUT2D eigenvalue weighted by Gasteiger charge is -2.04. The first kappa shape index (κ1) is 7.60. The van der Waals surface area contributed by atoms with Crippen LogP contribution in [0.15, 0.2) is 24.5 Å². The van der Waals surface area contributed by atoms with Crippen molar-refractivity contribution in [3.05, 3.63) is 35.3 Å². The molecule has 0 spiro atoms. The van der Waals surface area contributed by atoms with Crippen molar-refractivity contribution in [2.24, 2.45) is 0 Å². The highest BCUT2D eigenvalue weighted by molar-refractivity contribution is 5.92.